The van der Waals surface area contributed by atoms with E-state index >= 15 is 0 Å². The van der Waals surface area contributed by atoms with Crippen molar-refractivity contribution in [2.24, 2.45) is 17.6 Å². The molecular formula is C16H30N2O. The first-order chi connectivity index (χ1) is 9.03. The number of carbonyl (C=O) groups excluding carboxylic acids is 1. The molecule has 0 bridgehead atoms. The molecule has 2 aliphatic rings. The molecule has 0 aromatic rings. The molecule has 0 saturated heterocycles. The average Bonchev–Trinajstić information content (AvgIpc) is 2.39. The molecule has 0 spiro atoms. The van der Waals surface area contributed by atoms with Crippen LogP contribution in [-0.4, -0.2) is 17.5 Å². The summed E-state index contributed by atoms with van der Waals surface area (Å²) in [6.07, 6.45) is 10.4. The Hall–Kier alpha value is -0.570. The lowest BCUT2D eigenvalue weighted by atomic mass is 9.74. The van der Waals surface area contributed by atoms with Crippen LogP contribution in [0, 0.1) is 11.8 Å². The third-order valence-electron chi connectivity index (χ3n) is 5.34. The number of carbonyl (C=O) groups is 1. The second kappa shape index (κ2) is 6.25. The van der Waals surface area contributed by atoms with Crippen LogP contribution in [0.4, 0.5) is 0 Å². The molecule has 3 heteroatoms. The van der Waals surface area contributed by atoms with Crippen LogP contribution in [0.1, 0.15) is 71.6 Å². The van der Waals surface area contributed by atoms with Crippen LogP contribution in [0.2, 0.25) is 0 Å². The largest absolute Gasteiger partial charge is 0.353 e. The van der Waals surface area contributed by atoms with Gasteiger partial charge in [0.1, 0.15) is 0 Å². The Morgan fingerprint density at radius 1 is 1.21 bits per heavy atom. The second-order valence-corrected chi connectivity index (χ2v) is 6.94. The second-order valence-electron chi connectivity index (χ2n) is 6.94. The third-order valence-corrected chi connectivity index (χ3v) is 5.34. The van der Waals surface area contributed by atoms with Crippen LogP contribution in [0.25, 0.3) is 0 Å². The van der Waals surface area contributed by atoms with Crippen LogP contribution in [0.3, 0.4) is 0 Å². The average molecular weight is 266 g/mol. The lowest BCUT2D eigenvalue weighted by Gasteiger charge is -2.38. The fraction of sp³-hybridized carbons (Fsp3) is 0.938. The Morgan fingerprint density at radius 3 is 2.47 bits per heavy atom. The van der Waals surface area contributed by atoms with Crippen LogP contribution in [-0.2, 0) is 4.79 Å². The standard InChI is InChI=1S/C16H30N2O/c1-3-12-7-9-13(10-8-12)18-15(19)14-6-4-5-11-16(14,2)17/h12-14H,3-11,17H2,1-2H3,(H,18,19). The van der Waals surface area contributed by atoms with Crippen molar-refractivity contribution in [2.45, 2.75) is 83.2 Å². The molecule has 0 radical (unpaired) electrons. The highest BCUT2D eigenvalue weighted by Gasteiger charge is 2.38. The lowest BCUT2D eigenvalue weighted by molar-refractivity contribution is -0.129. The van der Waals surface area contributed by atoms with Gasteiger partial charge in [-0.2, -0.15) is 0 Å². The fourth-order valence-electron chi connectivity index (χ4n) is 3.81. The predicted molar refractivity (Wildman–Crippen MR) is 78.7 cm³/mol. The smallest absolute Gasteiger partial charge is 0.225 e. The van der Waals surface area contributed by atoms with Crippen molar-refractivity contribution in [3.05, 3.63) is 0 Å². The Balaban J connectivity index is 1.84. The van der Waals surface area contributed by atoms with Gasteiger partial charge in [-0.15, -0.1) is 0 Å². The number of nitrogens with two attached hydrogens (primary N) is 1. The van der Waals surface area contributed by atoms with Gasteiger partial charge in [0, 0.05) is 11.6 Å². The molecule has 0 aromatic carbocycles. The molecule has 0 aliphatic heterocycles. The van der Waals surface area contributed by atoms with Crippen molar-refractivity contribution in [3.63, 3.8) is 0 Å². The fourth-order valence-corrected chi connectivity index (χ4v) is 3.81. The zero-order valence-electron chi connectivity index (χ0n) is 12.6. The van der Waals surface area contributed by atoms with Crippen molar-refractivity contribution in [3.8, 4) is 0 Å². The van der Waals surface area contributed by atoms with E-state index in [1.54, 1.807) is 0 Å². The molecule has 2 aliphatic carbocycles. The molecule has 3 nitrogen and oxygen atoms in total. The van der Waals surface area contributed by atoms with Gasteiger partial charge in [-0.1, -0.05) is 26.2 Å². The quantitative estimate of drug-likeness (QED) is 0.825. The molecule has 2 fully saturated rings. The van der Waals surface area contributed by atoms with Crippen molar-refractivity contribution >= 4 is 5.91 Å². The molecule has 3 N–H and O–H groups in total. The van der Waals surface area contributed by atoms with Crippen molar-refractivity contribution < 1.29 is 4.79 Å². The highest BCUT2D eigenvalue weighted by molar-refractivity contribution is 5.80. The monoisotopic (exact) mass is 266 g/mol. The predicted octanol–water partition coefficient (Wildman–Crippen LogP) is 2.98. The zero-order chi connectivity index (χ0) is 13.9. The molecule has 2 unspecified atom stereocenters. The molecule has 2 rings (SSSR count). The molecule has 2 saturated carbocycles. The third kappa shape index (κ3) is 3.71. The van der Waals surface area contributed by atoms with E-state index in [9.17, 15) is 4.79 Å². The normalized spacial score (nSPS) is 39.8. The minimum absolute atomic E-state index is 0.0187. The molecular weight excluding hydrogens is 236 g/mol. The Labute approximate surface area is 117 Å². The summed E-state index contributed by atoms with van der Waals surface area (Å²) < 4.78 is 0. The first-order valence-electron chi connectivity index (χ1n) is 8.12. The first-order valence-corrected chi connectivity index (χ1v) is 8.12. The highest BCUT2D eigenvalue weighted by atomic mass is 16.2. The van der Waals surface area contributed by atoms with E-state index in [0.717, 1.165) is 38.0 Å². The van der Waals surface area contributed by atoms with Gasteiger partial charge in [0.05, 0.1) is 5.92 Å². The summed E-state index contributed by atoms with van der Waals surface area (Å²) in [7, 11) is 0. The molecule has 2 atom stereocenters. The van der Waals surface area contributed by atoms with E-state index in [2.05, 4.69) is 12.2 Å². The topological polar surface area (TPSA) is 55.1 Å². The van der Waals surface area contributed by atoms with Crippen molar-refractivity contribution in [2.75, 3.05) is 0 Å². The maximum Gasteiger partial charge on any atom is 0.225 e. The van der Waals surface area contributed by atoms with Gasteiger partial charge in [-0.05, 0) is 51.4 Å². The Bertz CT molecular complexity index is 306. The summed E-state index contributed by atoms with van der Waals surface area (Å²) >= 11 is 0. The zero-order valence-corrected chi connectivity index (χ0v) is 12.6. The first kappa shape index (κ1) is 14.8. The minimum Gasteiger partial charge on any atom is -0.353 e. The SMILES string of the molecule is CCC1CCC(NC(=O)C2CCCCC2(C)N)CC1. The van der Waals surface area contributed by atoms with E-state index in [-0.39, 0.29) is 17.4 Å². The molecule has 19 heavy (non-hydrogen) atoms. The minimum atomic E-state index is -0.303. The van der Waals surface area contributed by atoms with Gasteiger partial charge < -0.3 is 11.1 Å². The number of hydrogen-bond donors (Lipinski definition) is 2. The summed E-state index contributed by atoms with van der Waals surface area (Å²) in [6.45, 7) is 4.32. The van der Waals surface area contributed by atoms with Gasteiger partial charge >= 0.3 is 0 Å². The van der Waals surface area contributed by atoms with E-state index in [1.807, 2.05) is 6.92 Å². The molecule has 0 heterocycles. The number of nitrogens with one attached hydrogen (secondary N) is 1. The van der Waals surface area contributed by atoms with Gasteiger partial charge in [0.25, 0.3) is 0 Å². The summed E-state index contributed by atoms with van der Waals surface area (Å²) in [4.78, 5) is 12.4. The van der Waals surface area contributed by atoms with Gasteiger partial charge in [0.15, 0.2) is 0 Å². The van der Waals surface area contributed by atoms with E-state index < -0.39 is 0 Å². The molecule has 1 amide bonds. The van der Waals surface area contributed by atoms with Gasteiger partial charge in [-0.3, -0.25) is 4.79 Å². The number of rotatable bonds is 3. The summed E-state index contributed by atoms with van der Waals surface area (Å²) in [6, 6.07) is 0.396. The van der Waals surface area contributed by atoms with Crippen molar-refractivity contribution in [1.82, 2.24) is 5.32 Å². The van der Waals surface area contributed by atoms with Crippen LogP contribution in [0.5, 0.6) is 0 Å². The van der Waals surface area contributed by atoms with Crippen LogP contribution < -0.4 is 11.1 Å². The molecule has 110 valence electrons. The summed E-state index contributed by atoms with van der Waals surface area (Å²) in [5.74, 6) is 1.11. The maximum absolute atomic E-state index is 12.4. The molecule has 0 aromatic heterocycles. The van der Waals surface area contributed by atoms with Crippen LogP contribution in [0.15, 0.2) is 0 Å². The van der Waals surface area contributed by atoms with E-state index in [4.69, 9.17) is 5.73 Å². The highest BCUT2D eigenvalue weighted by Crippen LogP contribution is 2.32. The Morgan fingerprint density at radius 2 is 1.89 bits per heavy atom. The van der Waals surface area contributed by atoms with E-state index in [1.165, 1.54) is 25.7 Å². The van der Waals surface area contributed by atoms with Gasteiger partial charge in [-0.25, -0.2) is 0 Å². The number of hydrogen-bond acceptors (Lipinski definition) is 2. The lowest BCUT2D eigenvalue weighted by Crippen LogP contribution is -2.54. The van der Waals surface area contributed by atoms with Crippen LogP contribution >= 0.6 is 0 Å². The summed E-state index contributed by atoms with van der Waals surface area (Å²) in [5.41, 5.74) is 6.01. The van der Waals surface area contributed by atoms with Crippen molar-refractivity contribution in [1.29, 1.82) is 0 Å². The van der Waals surface area contributed by atoms with E-state index in [0.29, 0.717) is 6.04 Å². The summed E-state index contributed by atoms with van der Waals surface area (Å²) in [5, 5.41) is 3.27. The maximum atomic E-state index is 12.4. The Kier molecular flexibility index (Phi) is 4.88. The van der Waals surface area contributed by atoms with Gasteiger partial charge in [0.2, 0.25) is 5.91 Å². The number of amides is 1.